The quantitative estimate of drug-likeness (QED) is 0.772. The highest BCUT2D eigenvalue weighted by Gasteiger charge is 2.47. The van der Waals surface area contributed by atoms with E-state index in [4.69, 9.17) is 4.74 Å². The van der Waals surface area contributed by atoms with Crippen LogP contribution >= 0.6 is 0 Å². The van der Waals surface area contributed by atoms with Gasteiger partial charge in [0, 0.05) is 13.6 Å². The molecule has 0 saturated carbocycles. The molecule has 0 aromatic rings. The molecule has 1 atom stereocenters. The van der Waals surface area contributed by atoms with Crippen LogP contribution in [-0.2, 0) is 9.53 Å². The highest BCUT2D eigenvalue weighted by atomic mass is 16.6. The number of hydrogen-bond donors (Lipinski definition) is 0. The van der Waals surface area contributed by atoms with Crippen molar-refractivity contribution in [3.05, 3.63) is 0 Å². The van der Waals surface area contributed by atoms with Crippen molar-refractivity contribution in [2.24, 2.45) is 0 Å². The highest BCUT2D eigenvalue weighted by molar-refractivity contribution is 5.79. The summed E-state index contributed by atoms with van der Waals surface area (Å²) in [5, 5.41) is 0. The molecule has 124 valence electrons. The maximum Gasteiger partial charge on any atom is 0.410 e. The van der Waals surface area contributed by atoms with Gasteiger partial charge in [0.1, 0.15) is 5.60 Å². The fourth-order valence-corrected chi connectivity index (χ4v) is 3.90. The first-order valence-corrected chi connectivity index (χ1v) is 8.52. The van der Waals surface area contributed by atoms with Gasteiger partial charge in [-0.25, -0.2) is 4.79 Å². The number of carbonyl (C=O) groups is 2. The van der Waals surface area contributed by atoms with E-state index in [9.17, 15) is 9.59 Å². The van der Waals surface area contributed by atoms with Crippen molar-refractivity contribution in [3.63, 3.8) is 0 Å². The Bertz CT molecular complexity index is 434. The Labute approximate surface area is 132 Å². The average Bonchev–Trinajstić information content (AvgIpc) is 2.69. The molecule has 6 nitrogen and oxygen atoms in total. The van der Waals surface area contributed by atoms with Crippen LogP contribution in [0.3, 0.4) is 0 Å². The van der Waals surface area contributed by atoms with Crippen LogP contribution in [0.2, 0.25) is 0 Å². The van der Waals surface area contributed by atoms with Crippen LogP contribution in [0.1, 0.15) is 38.5 Å². The lowest BCUT2D eigenvalue weighted by atomic mass is 9.92. The van der Waals surface area contributed by atoms with Crippen LogP contribution in [0.5, 0.6) is 0 Å². The lowest BCUT2D eigenvalue weighted by Crippen LogP contribution is -2.54. The average molecular weight is 309 g/mol. The van der Waals surface area contributed by atoms with Gasteiger partial charge in [0.05, 0.1) is 19.6 Å². The van der Waals surface area contributed by atoms with Gasteiger partial charge in [-0.3, -0.25) is 9.69 Å². The smallest absolute Gasteiger partial charge is 0.410 e. The standard InChI is InChI=1S/C16H27N3O3/c1-17-12-16(22-15(17)21)7-6-10-19(13-16)14(20)11-18-8-4-2-3-5-9-18/h2-13H2,1H3. The van der Waals surface area contributed by atoms with Crippen LogP contribution in [0, 0.1) is 0 Å². The third-order valence-corrected chi connectivity index (χ3v) is 5.09. The summed E-state index contributed by atoms with van der Waals surface area (Å²) < 4.78 is 5.57. The second-order valence-corrected chi connectivity index (χ2v) is 7.02. The normalized spacial score (nSPS) is 30.5. The third-order valence-electron chi connectivity index (χ3n) is 5.09. The van der Waals surface area contributed by atoms with Crippen molar-refractivity contribution in [3.8, 4) is 0 Å². The summed E-state index contributed by atoms with van der Waals surface area (Å²) in [5.41, 5.74) is -0.474. The van der Waals surface area contributed by atoms with Gasteiger partial charge in [-0.05, 0) is 38.8 Å². The predicted octanol–water partition coefficient (Wildman–Crippen LogP) is 1.31. The highest BCUT2D eigenvalue weighted by Crippen LogP contribution is 2.31. The van der Waals surface area contributed by atoms with Crippen molar-refractivity contribution in [2.75, 3.05) is 46.3 Å². The molecular weight excluding hydrogens is 282 g/mol. The van der Waals surface area contributed by atoms with Gasteiger partial charge < -0.3 is 14.5 Å². The predicted molar refractivity (Wildman–Crippen MR) is 82.6 cm³/mol. The molecule has 3 aliphatic heterocycles. The molecule has 6 heteroatoms. The van der Waals surface area contributed by atoms with Gasteiger partial charge in [0.25, 0.3) is 0 Å². The van der Waals surface area contributed by atoms with Gasteiger partial charge in [-0.1, -0.05) is 12.8 Å². The molecule has 2 amide bonds. The van der Waals surface area contributed by atoms with Crippen molar-refractivity contribution in [1.82, 2.24) is 14.7 Å². The lowest BCUT2D eigenvalue weighted by molar-refractivity contribution is -0.138. The van der Waals surface area contributed by atoms with Gasteiger partial charge >= 0.3 is 6.09 Å². The van der Waals surface area contributed by atoms with Crippen LogP contribution in [-0.4, -0.2) is 78.6 Å². The van der Waals surface area contributed by atoms with Crippen molar-refractivity contribution < 1.29 is 14.3 Å². The van der Waals surface area contributed by atoms with Crippen LogP contribution < -0.4 is 0 Å². The molecule has 1 spiro atoms. The van der Waals surface area contributed by atoms with Crippen LogP contribution in [0.25, 0.3) is 0 Å². The van der Waals surface area contributed by atoms with Crippen molar-refractivity contribution in [2.45, 2.75) is 44.1 Å². The fraction of sp³-hybridized carbons (Fsp3) is 0.875. The monoisotopic (exact) mass is 309 g/mol. The number of carbonyl (C=O) groups excluding carboxylic acids is 2. The summed E-state index contributed by atoms with van der Waals surface area (Å²) in [5.74, 6) is 0.187. The maximum atomic E-state index is 12.6. The Morgan fingerprint density at radius 2 is 1.82 bits per heavy atom. The molecule has 0 N–H and O–H groups in total. The van der Waals surface area contributed by atoms with Gasteiger partial charge in [0.15, 0.2) is 0 Å². The zero-order valence-electron chi connectivity index (χ0n) is 13.6. The number of rotatable bonds is 2. The SMILES string of the molecule is CN1CC2(CCCN(C(=O)CN3CCCCCC3)C2)OC1=O. The molecule has 0 radical (unpaired) electrons. The zero-order valence-corrected chi connectivity index (χ0v) is 13.6. The molecule has 3 saturated heterocycles. The molecule has 0 aliphatic carbocycles. The summed E-state index contributed by atoms with van der Waals surface area (Å²) in [7, 11) is 1.76. The number of likely N-dealkylation sites (N-methyl/N-ethyl adjacent to an activating group) is 1. The Kier molecular flexibility index (Phi) is 4.57. The summed E-state index contributed by atoms with van der Waals surface area (Å²) in [6, 6.07) is 0. The molecule has 3 aliphatic rings. The molecular formula is C16H27N3O3. The molecule has 22 heavy (non-hydrogen) atoms. The van der Waals surface area contributed by atoms with Gasteiger partial charge in [-0.15, -0.1) is 0 Å². The van der Waals surface area contributed by atoms with E-state index >= 15 is 0 Å². The minimum Gasteiger partial charge on any atom is -0.439 e. The first-order valence-electron chi connectivity index (χ1n) is 8.52. The Hall–Kier alpha value is -1.30. The van der Waals surface area contributed by atoms with E-state index in [1.54, 1.807) is 11.9 Å². The Balaban J connectivity index is 1.57. The third kappa shape index (κ3) is 3.37. The maximum absolute atomic E-state index is 12.6. The van der Waals surface area contributed by atoms with Gasteiger partial charge in [-0.2, -0.15) is 0 Å². The molecule has 1 unspecified atom stereocenters. The number of likely N-dealkylation sites (tertiary alicyclic amines) is 2. The van der Waals surface area contributed by atoms with E-state index in [2.05, 4.69) is 4.90 Å². The van der Waals surface area contributed by atoms with Crippen molar-refractivity contribution >= 4 is 12.0 Å². The first kappa shape index (κ1) is 15.6. The second-order valence-electron chi connectivity index (χ2n) is 7.02. The first-order chi connectivity index (χ1) is 10.6. The van der Waals surface area contributed by atoms with E-state index in [1.807, 2.05) is 4.90 Å². The number of nitrogens with zero attached hydrogens (tertiary/aromatic N) is 3. The molecule has 3 fully saturated rings. The van der Waals surface area contributed by atoms with E-state index < -0.39 is 5.60 Å². The molecule has 0 aromatic heterocycles. The Morgan fingerprint density at radius 3 is 2.45 bits per heavy atom. The van der Waals surface area contributed by atoms with Crippen LogP contribution in [0.15, 0.2) is 0 Å². The topological polar surface area (TPSA) is 53.1 Å². The largest absolute Gasteiger partial charge is 0.439 e. The number of ether oxygens (including phenoxy) is 1. The van der Waals surface area contributed by atoms with E-state index in [1.165, 1.54) is 25.7 Å². The summed E-state index contributed by atoms with van der Waals surface area (Å²) in [6.45, 7) is 4.51. The number of hydrogen-bond acceptors (Lipinski definition) is 4. The minimum atomic E-state index is -0.474. The summed E-state index contributed by atoms with van der Waals surface area (Å²) >= 11 is 0. The summed E-state index contributed by atoms with van der Waals surface area (Å²) in [6.07, 6.45) is 6.45. The second kappa shape index (κ2) is 6.44. The zero-order chi connectivity index (χ0) is 15.6. The van der Waals surface area contributed by atoms with Crippen LogP contribution in [0.4, 0.5) is 4.79 Å². The van der Waals surface area contributed by atoms with E-state index in [-0.39, 0.29) is 12.0 Å². The Morgan fingerprint density at radius 1 is 1.09 bits per heavy atom. The fourth-order valence-electron chi connectivity index (χ4n) is 3.90. The van der Waals surface area contributed by atoms with Gasteiger partial charge in [0.2, 0.25) is 5.91 Å². The molecule has 0 aromatic carbocycles. The minimum absolute atomic E-state index is 0.187. The lowest BCUT2D eigenvalue weighted by Gasteiger charge is -2.39. The molecule has 3 heterocycles. The number of piperidine rings is 1. The van der Waals surface area contributed by atoms with E-state index in [0.29, 0.717) is 19.6 Å². The molecule has 0 bridgehead atoms. The molecule has 3 rings (SSSR count). The van der Waals surface area contributed by atoms with E-state index in [0.717, 1.165) is 32.5 Å². The summed E-state index contributed by atoms with van der Waals surface area (Å²) in [4.78, 5) is 30.1. The van der Waals surface area contributed by atoms with Crippen molar-refractivity contribution in [1.29, 1.82) is 0 Å². The number of amides is 2.